The van der Waals surface area contributed by atoms with Crippen LogP contribution < -0.4 is 10.2 Å². The third-order valence-electron chi connectivity index (χ3n) is 4.32. The molecule has 1 unspecified atom stereocenters. The normalized spacial score (nSPS) is 15.4. The number of piperidine rings is 1. The lowest BCUT2D eigenvalue weighted by Gasteiger charge is -2.29. The molecule has 25 heavy (non-hydrogen) atoms. The van der Waals surface area contributed by atoms with Crippen LogP contribution in [0, 0.1) is 11.3 Å². The van der Waals surface area contributed by atoms with Crippen LogP contribution in [-0.4, -0.2) is 35.5 Å². The van der Waals surface area contributed by atoms with Crippen LogP contribution >= 0.6 is 0 Å². The number of fused-ring (bicyclic) bond motifs is 1. The first kappa shape index (κ1) is 16.9. The number of anilines is 1. The molecule has 3 rings (SSSR count). The van der Waals surface area contributed by atoms with Crippen LogP contribution in [0.1, 0.15) is 30.9 Å². The number of carbonyl (C=O) groups is 1. The Morgan fingerprint density at radius 2 is 1.96 bits per heavy atom. The van der Waals surface area contributed by atoms with Crippen LogP contribution in [0.2, 0.25) is 0 Å². The largest absolute Gasteiger partial charge is 0.355 e. The van der Waals surface area contributed by atoms with Gasteiger partial charge in [-0.25, -0.2) is 9.97 Å². The van der Waals surface area contributed by atoms with Gasteiger partial charge in [0.1, 0.15) is 5.69 Å². The van der Waals surface area contributed by atoms with Gasteiger partial charge in [-0.3, -0.25) is 4.79 Å². The summed E-state index contributed by atoms with van der Waals surface area (Å²) in [6.45, 7) is 5.64. The zero-order valence-electron chi connectivity index (χ0n) is 14.1. The first-order chi connectivity index (χ1) is 12.2. The number of nitriles is 1. The van der Waals surface area contributed by atoms with E-state index in [-0.39, 0.29) is 5.91 Å². The van der Waals surface area contributed by atoms with E-state index in [4.69, 9.17) is 4.98 Å². The molecular weight excluding hydrogens is 314 g/mol. The molecule has 0 spiro atoms. The van der Waals surface area contributed by atoms with Gasteiger partial charge in [0.2, 0.25) is 5.91 Å². The number of carbonyl (C=O) groups excluding carboxylic acids is 1. The first-order valence-electron chi connectivity index (χ1n) is 8.54. The smallest absolute Gasteiger partial charge is 0.243 e. The van der Waals surface area contributed by atoms with Crippen LogP contribution in [0.5, 0.6) is 0 Å². The van der Waals surface area contributed by atoms with Crippen molar-refractivity contribution < 1.29 is 4.79 Å². The number of benzene rings is 1. The van der Waals surface area contributed by atoms with Crippen LogP contribution in [0.3, 0.4) is 0 Å². The Kier molecular flexibility index (Phi) is 5.24. The Balaban J connectivity index is 2.08. The van der Waals surface area contributed by atoms with Crippen molar-refractivity contribution in [2.24, 2.45) is 0 Å². The fourth-order valence-corrected chi connectivity index (χ4v) is 3.06. The molecule has 0 radical (unpaired) electrons. The van der Waals surface area contributed by atoms with Gasteiger partial charge in [0, 0.05) is 19.6 Å². The summed E-state index contributed by atoms with van der Waals surface area (Å²) in [5.41, 5.74) is 1.90. The molecule has 1 N–H and O–H groups in total. The van der Waals surface area contributed by atoms with Gasteiger partial charge >= 0.3 is 0 Å². The average molecular weight is 335 g/mol. The van der Waals surface area contributed by atoms with Crippen molar-refractivity contribution in [1.29, 1.82) is 5.26 Å². The van der Waals surface area contributed by atoms with Crippen molar-refractivity contribution in [3.63, 3.8) is 0 Å². The van der Waals surface area contributed by atoms with E-state index in [1.807, 2.05) is 24.3 Å². The van der Waals surface area contributed by atoms with Crippen LogP contribution in [0.15, 0.2) is 36.9 Å². The third-order valence-corrected chi connectivity index (χ3v) is 4.32. The van der Waals surface area contributed by atoms with Crippen LogP contribution in [0.4, 0.5) is 5.82 Å². The highest BCUT2D eigenvalue weighted by atomic mass is 16.1. The van der Waals surface area contributed by atoms with Crippen molar-refractivity contribution in [3.8, 4) is 6.07 Å². The van der Waals surface area contributed by atoms with E-state index in [9.17, 15) is 10.1 Å². The van der Waals surface area contributed by atoms with Crippen molar-refractivity contribution in [2.45, 2.75) is 25.2 Å². The Labute approximate surface area is 147 Å². The zero-order chi connectivity index (χ0) is 17.6. The summed E-state index contributed by atoms with van der Waals surface area (Å²) in [6.07, 6.45) is 4.93. The number of nitrogens with one attached hydrogen (secondary N) is 1. The molecule has 1 aliphatic heterocycles. The predicted molar refractivity (Wildman–Crippen MR) is 97.2 cm³/mol. The topological polar surface area (TPSA) is 81.9 Å². The minimum atomic E-state index is -0.992. The summed E-state index contributed by atoms with van der Waals surface area (Å²) in [7, 11) is 0. The summed E-state index contributed by atoms with van der Waals surface area (Å²) in [6, 6.07) is 9.63. The number of aromatic nitrogens is 2. The fourth-order valence-electron chi connectivity index (χ4n) is 3.06. The maximum Gasteiger partial charge on any atom is 0.243 e. The molecule has 1 atom stereocenters. The number of hydrogen-bond donors (Lipinski definition) is 1. The number of hydrogen-bond acceptors (Lipinski definition) is 5. The number of nitrogens with zero attached hydrogens (tertiary/aromatic N) is 4. The van der Waals surface area contributed by atoms with Crippen molar-refractivity contribution in [3.05, 3.63) is 42.6 Å². The lowest BCUT2D eigenvalue weighted by Crippen LogP contribution is -2.34. The minimum Gasteiger partial charge on any atom is -0.355 e. The second-order valence-corrected chi connectivity index (χ2v) is 6.06. The van der Waals surface area contributed by atoms with Gasteiger partial charge in [-0.2, -0.15) is 5.26 Å². The van der Waals surface area contributed by atoms with Crippen molar-refractivity contribution >= 4 is 22.8 Å². The highest BCUT2D eigenvalue weighted by molar-refractivity contribution is 5.89. The molecule has 1 amide bonds. The highest BCUT2D eigenvalue weighted by Gasteiger charge is 2.28. The van der Waals surface area contributed by atoms with Crippen molar-refractivity contribution in [1.82, 2.24) is 15.3 Å². The van der Waals surface area contributed by atoms with Crippen molar-refractivity contribution in [2.75, 3.05) is 24.5 Å². The average Bonchev–Trinajstić information content (AvgIpc) is 2.67. The third kappa shape index (κ3) is 3.61. The molecule has 0 bridgehead atoms. The SMILES string of the molecule is C=CCNC(=O)C(C#N)c1nc2ccccc2nc1N1CCCCC1. The highest BCUT2D eigenvalue weighted by Crippen LogP contribution is 2.29. The van der Waals surface area contributed by atoms with Crippen LogP contribution in [-0.2, 0) is 4.79 Å². The molecule has 1 saturated heterocycles. The Morgan fingerprint density at radius 1 is 1.28 bits per heavy atom. The van der Waals surface area contributed by atoms with Gasteiger partial charge in [-0.15, -0.1) is 6.58 Å². The standard InChI is InChI=1S/C19H21N5O/c1-2-10-21-19(25)14(13-20)17-18(24-11-6-3-7-12-24)23-16-9-5-4-8-15(16)22-17/h2,4-5,8-9,14H,1,3,6-7,10-12H2,(H,21,25). The molecule has 6 nitrogen and oxygen atoms in total. The van der Waals surface area contributed by atoms with E-state index in [2.05, 4.69) is 27.8 Å². The monoisotopic (exact) mass is 335 g/mol. The van der Waals surface area contributed by atoms with Gasteiger partial charge in [-0.05, 0) is 31.4 Å². The first-order valence-corrected chi connectivity index (χ1v) is 8.54. The maximum absolute atomic E-state index is 12.4. The summed E-state index contributed by atoms with van der Waals surface area (Å²) in [5.74, 6) is -0.710. The Morgan fingerprint density at radius 3 is 2.60 bits per heavy atom. The summed E-state index contributed by atoms with van der Waals surface area (Å²) < 4.78 is 0. The molecule has 128 valence electrons. The summed E-state index contributed by atoms with van der Waals surface area (Å²) >= 11 is 0. The van der Waals surface area contributed by atoms with Gasteiger partial charge in [0.25, 0.3) is 0 Å². The molecular formula is C19H21N5O. The van der Waals surface area contributed by atoms with Crippen LogP contribution in [0.25, 0.3) is 11.0 Å². The molecule has 2 aromatic rings. The molecule has 1 aliphatic rings. The number of amides is 1. The lowest BCUT2D eigenvalue weighted by atomic mass is 10.0. The predicted octanol–water partition coefficient (Wildman–Crippen LogP) is 2.53. The molecule has 2 heterocycles. The second kappa shape index (κ2) is 7.75. The van der Waals surface area contributed by atoms with Gasteiger partial charge < -0.3 is 10.2 Å². The number of para-hydroxylation sites is 2. The molecule has 6 heteroatoms. The molecule has 1 fully saturated rings. The van der Waals surface area contributed by atoms with Gasteiger partial charge in [0.15, 0.2) is 11.7 Å². The van der Waals surface area contributed by atoms with Gasteiger partial charge in [-0.1, -0.05) is 18.2 Å². The molecule has 0 saturated carbocycles. The quantitative estimate of drug-likeness (QED) is 0.849. The lowest BCUT2D eigenvalue weighted by molar-refractivity contribution is -0.121. The van der Waals surface area contributed by atoms with E-state index in [0.29, 0.717) is 23.6 Å². The zero-order valence-corrected chi connectivity index (χ0v) is 14.1. The Bertz CT molecular complexity index is 820. The Hall–Kier alpha value is -2.94. The fraction of sp³-hybridized carbons (Fsp3) is 0.368. The summed E-state index contributed by atoms with van der Waals surface area (Å²) in [4.78, 5) is 24.0. The van der Waals surface area contributed by atoms with E-state index >= 15 is 0 Å². The maximum atomic E-state index is 12.4. The minimum absolute atomic E-state index is 0.317. The van der Waals surface area contributed by atoms with E-state index < -0.39 is 5.92 Å². The van der Waals surface area contributed by atoms with E-state index in [1.54, 1.807) is 6.08 Å². The van der Waals surface area contributed by atoms with Gasteiger partial charge in [0.05, 0.1) is 17.1 Å². The number of rotatable bonds is 5. The molecule has 0 aliphatic carbocycles. The molecule has 1 aromatic carbocycles. The van der Waals surface area contributed by atoms with E-state index in [0.717, 1.165) is 31.4 Å². The van der Waals surface area contributed by atoms with E-state index in [1.165, 1.54) is 6.42 Å². The summed E-state index contributed by atoms with van der Waals surface area (Å²) in [5, 5.41) is 12.3. The second-order valence-electron chi connectivity index (χ2n) is 6.06. The molecule has 1 aromatic heterocycles.